The minimum atomic E-state index is -0.389. The van der Waals surface area contributed by atoms with Gasteiger partial charge in [-0.3, -0.25) is 0 Å². The summed E-state index contributed by atoms with van der Waals surface area (Å²) in [6.45, 7) is 1.96. The van der Waals surface area contributed by atoms with Crippen molar-refractivity contribution >= 4 is 20.4 Å². The molecule has 0 aliphatic heterocycles. The summed E-state index contributed by atoms with van der Waals surface area (Å²) in [4.78, 5) is 10.1. The molecule has 0 unspecified atom stereocenters. The van der Waals surface area contributed by atoms with Gasteiger partial charge in [-0.2, -0.15) is 0 Å². The molecule has 1 aromatic carbocycles. The molecule has 1 heterocycles. The normalized spacial score (nSPS) is 10.2. The summed E-state index contributed by atoms with van der Waals surface area (Å²) in [5, 5.41) is 10.5. The number of rotatable bonds is 2. The van der Waals surface area contributed by atoms with E-state index >= 15 is 0 Å². The topological polar surface area (TPSA) is 56.0 Å². The second-order valence-corrected chi connectivity index (χ2v) is 4.83. The number of non-ortho nitro benzene ring substituents is 1. The van der Waals surface area contributed by atoms with Crippen LogP contribution < -0.4 is 0 Å². The van der Waals surface area contributed by atoms with Crippen LogP contribution >= 0.6 is 0 Å². The third-order valence-electron chi connectivity index (χ3n) is 1.99. The Balaban J connectivity index is 2.35. The fourth-order valence-electron chi connectivity index (χ4n) is 1.25. The summed E-state index contributed by atoms with van der Waals surface area (Å²) in [5.41, 5.74) is 2.19. The third-order valence-corrected chi connectivity index (χ3v) is 3.94. The van der Waals surface area contributed by atoms with Gasteiger partial charge in [0.05, 0.1) is 0 Å². The molecule has 76 valence electrons. The molecule has 0 radical (unpaired) electrons. The Morgan fingerprint density at radius 3 is 2.47 bits per heavy atom. The molecule has 15 heavy (non-hydrogen) atoms. The van der Waals surface area contributed by atoms with Crippen molar-refractivity contribution in [1.29, 1.82) is 0 Å². The Morgan fingerprint density at radius 2 is 2.00 bits per heavy atom. The monoisotopic (exact) mass is 268 g/mol. The SMILES string of the molecule is Cc1cc(-c2ccc([N+](=O)[O-])cc2)[se]n1. The summed E-state index contributed by atoms with van der Waals surface area (Å²) in [6.07, 6.45) is 0. The fourth-order valence-corrected chi connectivity index (χ4v) is 2.84. The van der Waals surface area contributed by atoms with Crippen molar-refractivity contribution in [3.05, 3.63) is 46.1 Å². The third kappa shape index (κ3) is 2.14. The van der Waals surface area contributed by atoms with Crippen LogP contribution in [0.5, 0.6) is 0 Å². The van der Waals surface area contributed by atoms with Crippen molar-refractivity contribution in [3.8, 4) is 10.0 Å². The van der Waals surface area contributed by atoms with Crippen LogP contribution in [0.3, 0.4) is 0 Å². The molecule has 0 N–H and O–H groups in total. The molecule has 0 spiro atoms. The first-order valence-corrected chi connectivity index (χ1v) is 5.97. The van der Waals surface area contributed by atoms with Crippen LogP contribution in [0.25, 0.3) is 10.0 Å². The molecule has 0 fully saturated rings. The van der Waals surface area contributed by atoms with Gasteiger partial charge in [0.2, 0.25) is 0 Å². The number of nitro benzene ring substituents is 1. The van der Waals surface area contributed by atoms with Gasteiger partial charge < -0.3 is 0 Å². The predicted octanol–water partition coefficient (Wildman–Crippen LogP) is 2.02. The van der Waals surface area contributed by atoms with Crippen LogP contribution in [-0.2, 0) is 0 Å². The quantitative estimate of drug-likeness (QED) is 0.475. The number of aryl methyl sites for hydroxylation is 1. The number of hydrogen-bond donors (Lipinski definition) is 0. The first-order valence-electron chi connectivity index (χ1n) is 4.35. The Labute approximate surface area is 92.7 Å². The predicted molar refractivity (Wildman–Crippen MR) is 58.0 cm³/mol. The maximum atomic E-state index is 10.5. The van der Waals surface area contributed by atoms with E-state index in [1.54, 1.807) is 12.1 Å². The summed E-state index contributed by atoms with van der Waals surface area (Å²) in [5.74, 6) is 0. The van der Waals surface area contributed by atoms with E-state index in [1.807, 2.05) is 13.0 Å². The molecule has 0 aliphatic rings. The zero-order valence-corrected chi connectivity index (χ0v) is 9.72. The van der Waals surface area contributed by atoms with Gasteiger partial charge >= 0.3 is 92.4 Å². The van der Waals surface area contributed by atoms with Crippen molar-refractivity contribution < 1.29 is 4.92 Å². The van der Waals surface area contributed by atoms with Gasteiger partial charge in [-0.15, -0.1) is 0 Å². The fraction of sp³-hybridized carbons (Fsp3) is 0.100. The maximum absolute atomic E-state index is 10.5. The van der Waals surface area contributed by atoms with Gasteiger partial charge in [0.15, 0.2) is 0 Å². The van der Waals surface area contributed by atoms with E-state index in [0.29, 0.717) is 0 Å². The first kappa shape index (κ1) is 10.1. The number of hydrogen-bond acceptors (Lipinski definition) is 3. The van der Waals surface area contributed by atoms with E-state index in [1.165, 1.54) is 16.6 Å². The van der Waals surface area contributed by atoms with E-state index in [2.05, 4.69) is 3.98 Å². The standard InChI is InChI=1S/C10H8N2O2Se/c1-7-6-10(15-11-7)8-2-4-9(5-3-8)12(13)14/h2-6H,1H3. The van der Waals surface area contributed by atoms with Gasteiger partial charge in [0.1, 0.15) is 0 Å². The Hall–Kier alpha value is -1.45. The van der Waals surface area contributed by atoms with Crippen LogP contribution in [0.2, 0.25) is 0 Å². The zero-order valence-electron chi connectivity index (χ0n) is 8.01. The minimum absolute atomic E-state index is 0.125. The molecule has 0 aliphatic carbocycles. The molecule has 5 heteroatoms. The molecule has 0 amide bonds. The number of aromatic nitrogens is 1. The van der Waals surface area contributed by atoms with Crippen molar-refractivity contribution in [3.63, 3.8) is 0 Å². The van der Waals surface area contributed by atoms with Gasteiger partial charge in [0, 0.05) is 0 Å². The van der Waals surface area contributed by atoms with E-state index in [9.17, 15) is 10.1 Å². The number of benzene rings is 1. The van der Waals surface area contributed by atoms with Gasteiger partial charge in [-0.1, -0.05) is 0 Å². The molecule has 4 nitrogen and oxygen atoms in total. The molecule has 2 rings (SSSR count). The van der Waals surface area contributed by atoms with Crippen molar-refractivity contribution in [1.82, 2.24) is 3.98 Å². The Morgan fingerprint density at radius 1 is 1.33 bits per heavy atom. The molecule has 0 bridgehead atoms. The Kier molecular flexibility index (Phi) is 2.66. The summed E-state index contributed by atoms with van der Waals surface area (Å²) < 4.78 is 5.48. The van der Waals surface area contributed by atoms with Crippen LogP contribution in [0, 0.1) is 17.0 Å². The average molecular weight is 267 g/mol. The second-order valence-electron chi connectivity index (χ2n) is 3.14. The molecular weight excluding hydrogens is 259 g/mol. The van der Waals surface area contributed by atoms with E-state index in [0.717, 1.165) is 11.3 Å². The van der Waals surface area contributed by atoms with Gasteiger partial charge in [-0.25, -0.2) is 0 Å². The van der Waals surface area contributed by atoms with Crippen molar-refractivity contribution in [2.24, 2.45) is 0 Å². The van der Waals surface area contributed by atoms with Crippen LogP contribution in [0.1, 0.15) is 5.69 Å². The van der Waals surface area contributed by atoms with Crippen molar-refractivity contribution in [2.45, 2.75) is 6.92 Å². The first-order chi connectivity index (χ1) is 7.16. The van der Waals surface area contributed by atoms with Crippen LogP contribution in [0.4, 0.5) is 5.69 Å². The average Bonchev–Trinajstić information content (AvgIpc) is 2.65. The summed E-state index contributed by atoms with van der Waals surface area (Å²) in [7, 11) is 0. The molecular formula is C10H8N2O2Se. The molecule has 0 saturated heterocycles. The zero-order chi connectivity index (χ0) is 10.8. The Bertz CT molecular complexity index is 490. The molecule has 2 aromatic rings. The van der Waals surface area contributed by atoms with E-state index in [4.69, 9.17) is 0 Å². The molecule has 0 saturated carbocycles. The van der Waals surface area contributed by atoms with Crippen molar-refractivity contribution in [2.75, 3.05) is 0 Å². The van der Waals surface area contributed by atoms with Gasteiger partial charge in [-0.05, 0) is 0 Å². The molecule has 0 atom stereocenters. The van der Waals surface area contributed by atoms with Crippen LogP contribution in [-0.4, -0.2) is 23.6 Å². The molecule has 1 aromatic heterocycles. The summed E-state index contributed by atoms with van der Waals surface area (Å²) in [6, 6.07) is 8.64. The van der Waals surface area contributed by atoms with E-state index in [-0.39, 0.29) is 25.3 Å². The second kappa shape index (κ2) is 3.96. The van der Waals surface area contributed by atoms with Crippen LogP contribution in [0.15, 0.2) is 30.3 Å². The van der Waals surface area contributed by atoms with E-state index < -0.39 is 0 Å². The summed E-state index contributed by atoms with van der Waals surface area (Å²) >= 11 is 0.125. The van der Waals surface area contributed by atoms with Gasteiger partial charge in [0.25, 0.3) is 0 Å². The number of nitrogens with zero attached hydrogens (tertiary/aromatic N) is 2. The number of nitro groups is 1.